The minimum Gasteiger partial charge on any atom is -0.457 e. The molecule has 3 rings (SSSR count). The zero-order valence-electron chi connectivity index (χ0n) is 12.6. The van der Waals surface area contributed by atoms with Gasteiger partial charge in [0.05, 0.1) is 11.9 Å². The second-order valence-electron chi connectivity index (χ2n) is 4.91. The monoisotopic (exact) mass is 324 g/mol. The number of aromatic nitrogens is 1. The number of nitrogen functional groups attached to an aromatic ring is 1. The van der Waals surface area contributed by atoms with Crippen LogP contribution >= 0.6 is 11.3 Å². The highest BCUT2D eigenvalue weighted by molar-refractivity contribution is 7.13. The van der Waals surface area contributed by atoms with Gasteiger partial charge in [-0.25, -0.2) is 4.98 Å². The lowest BCUT2D eigenvalue weighted by Crippen LogP contribution is -1.91. The summed E-state index contributed by atoms with van der Waals surface area (Å²) in [7, 11) is 0. The van der Waals surface area contributed by atoms with E-state index in [1.165, 1.54) is 11.3 Å². The Morgan fingerprint density at radius 2 is 2.00 bits per heavy atom. The lowest BCUT2D eigenvalue weighted by molar-refractivity contribution is 0.482. The van der Waals surface area contributed by atoms with E-state index in [-0.39, 0.29) is 0 Å². The Labute approximate surface area is 138 Å². The zero-order chi connectivity index (χ0) is 16.1. The topological polar surface area (TPSA) is 72.5 Å². The molecule has 1 heterocycles. The molecule has 0 saturated heterocycles. The fourth-order valence-corrected chi connectivity index (χ4v) is 2.53. The van der Waals surface area contributed by atoms with Crippen LogP contribution in [-0.2, 0) is 0 Å². The van der Waals surface area contributed by atoms with Crippen LogP contribution in [-0.4, -0.2) is 11.2 Å². The molecular weight excluding hydrogens is 308 g/mol. The minimum atomic E-state index is 0.710. The van der Waals surface area contributed by atoms with Gasteiger partial charge in [-0.2, -0.15) is 5.10 Å². The van der Waals surface area contributed by atoms with E-state index >= 15 is 0 Å². The van der Waals surface area contributed by atoms with Crippen LogP contribution in [0.1, 0.15) is 11.3 Å². The van der Waals surface area contributed by atoms with Gasteiger partial charge in [0.2, 0.25) is 5.13 Å². The number of rotatable bonds is 5. The summed E-state index contributed by atoms with van der Waals surface area (Å²) >= 11 is 1.52. The second-order valence-corrected chi connectivity index (χ2v) is 5.77. The molecule has 0 bridgehead atoms. The molecule has 1 aromatic heterocycles. The Hall–Kier alpha value is -2.86. The standard InChI is InChI=1S/C17H16N4OS/c1-12-11-23-17(20-12)21-19-10-13-3-2-4-16(9-13)22-15-7-5-14(18)6-8-15/h2-11H,18H2,1H3,(H,20,21). The van der Waals surface area contributed by atoms with Gasteiger partial charge in [-0.3, -0.25) is 5.43 Å². The van der Waals surface area contributed by atoms with E-state index in [0.29, 0.717) is 5.69 Å². The smallest absolute Gasteiger partial charge is 0.203 e. The first-order chi connectivity index (χ1) is 11.2. The molecule has 5 nitrogen and oxygen atoms in total. The third-order valence-corrected chi connectivity index (χ3v) is 3.83. The summed E-state index contributed by atoms with van der Waals surface area (Å²) in [5.74, 6) is 1.48. The summed E-state index contributed by atoms with van der Waals surface area (Å²) in [5, 5.41) is 6.93. The predicted molar refractivity (Wildman–Crippen MR) is 95.4 cm³/mol. The number of hydrazone groups is 1. The van der Waals surface area contributed by atoms with E-state index in [0.717, 1.165) is 27.9 Å². The van der Waals surface area contributed by atoms with Crippen molar-refractivity contribution in [2.75, 3.05) is 11.2 Å². The maximum Gasteiger partial charge on any atom is 0.203 e. The molecule has 2 aromatic carbocycles. The van der Waals surface area contributed by atoms with Crippen LogP contribution in [0.3, 0.4) is 0 Å². The molecule has 0 aliphatic heterocycles. The third-order valence-electron chi connectivity index (χ3n) is 2.97. The Morgan fingerprint density at radius 3 is 2.74 bits per heavy atom. The molecule has 0 unspecified atom stereocenters. The fourth-order valence-electron chi connectivity index (χ4n) is 1.90. The maximum atomic E-state index is 5.79. The number of nitrogens with two attached hydrogens (primary N) is 1. The molecule has 0 spiro atoms. The number of nitrogens with one attached hydrogen (secondary N) is 1. The molecule has 0 saturated carbocycles. The van der Waals surface area contributed by atoms with Gasteiger partial charge in [0.1, 0.15) is 11.5 Å². The van der Waals surface area contributed by atoms with Crippen LogP contribution in [0, 0.1) is 6.92 Å². The Kier molecular flexibility index (Phi) is 4.54. The fraction of sp³-hybridized carbons (Fsp3) is 0.0588. The summed E-state index contributed by atoms with van der Waals surface area (Å²) in [4.78, 5) is 4.28. The first-order valence-corrected chi connectivity index (χ1v) is 7.92. The molecule has 6 heteroatoms. The number of thiazole rings is 1. The molecule has 0 fully saturated rings. The molecule has 116 valence electrons. The summed E-state index contributed by atoms with van der Waals surface area (Å²) < 4.78 is 5.79. The number of nitrogens with zero attached hydrogens (tertiary/aromatic N) is 2. The number of benzene rings is 2. The molecule has 0 radical (unpaired) electrons. The predicted octanol–water partition coefficient (Wildman–Crippen LogP) is 4.27. The van der Waals surface area contributed by atoms with E-state index in [1.807, 2.05) is 48.7 Å². The van der Waals surface area contributed by atoms with Gasteiger partial charge in [0, 0.05) is 11.1 Å². The zero-order valence-corrected chi connectivity index (χ0v) is 13.4. The molecule has 23 heavy (non-hydrogen) atoms. The van der Waals surface area contributed by atoms with E-state index in [1.54, 1.807) is 18.3 Å². The largest absolute Gasteiger partial charge is 0.457 e. The number of hydrogen-bond acceptors (Lipinski definition) is 6. The van der Waals surface area contributed by atoms with Gasteiger partial charge in [0.25, 0.3) is 0 Å². The molecular formula is C17H16N4OS. The Balaban J connectivity index is 1.65. The van der Waals surface area contributed by atoms with Crippen LogP contribution in [0.4, 0.5) is 10.8 Å². The van der Waals surface area contributed by atoms with E-state index < -0.39 is 0 Å². The van der Waals surface area contributed by atoms with Gasteiger partial charge in [-0.1, -0.05) is 12.1 Å². The maximum absolute atomic E-state index is 5.79. The highest BCUT2D eigenvalue weighted by Crippen LogP contribution is 2.22. The highest BCUT2D eigenvalue weighted by Gasteiger charge is 1.99. The lowest BCUT2D eigenvalue weighted by Gasteiger charge is -2.06. The summed E-state index contributed by atoms with van der Waals surface area (Å²) in [5.41, 5.74) is 11.2. The van der Waals surface area contributed by atoms with Gasteiger partial charge in [0.15, 0.2) is 0 Å². The van der Waals surface area contributed by atoms with Crippen molar-refractivity contribution in [3.63, 3.8) is 0 Å². The van der Waals surface area contributed by atoms with Crippen LogP contribution in [0.15, 0.2) is 59.0 Å². The third kappa shape index (κ3) is 4.31. The van der Waals surface area contributed by atoms with Crippen molar-refractivity contribution in [3.05, 3.63) is 65.2 Å². The van der Waals surface area contributed by atoms with Gasteiger partial charge in [-0.15, -0.1) is 11.3 Å². The van der Waals surface area contributed by atoms with E-state index in [9.17, 15) is 0 Å². The van der Waals surface area contributed by atoms with Crippen molar-refractivity contribution in [1.82, 2.24) is 4.98 Å². The van der Waals surface area contributed by atoms with Crippen LogP contribution in [0.5, 0.6) is 11.5 Å². The lowest BCUT2D eigenvalue weighted by atomic mass is 10.2. The average molecular weight is 324 g/mol. The Bertz CT molecular complexity index is 811. The van der Waals surface area contributed by atoms with Crippen molar-refractivity contribution < 1.29 is 4.74 Å². The van der Waals surface area contributed by atoms with Crippen molar-refractivity contribution in [2.24, 2.45) is 5.10 Å². The highest BCUT2D eigenvalue weighted by atomic mass is 32.1. The van der Waals surface area contributed by atoms with Crippen molar-refractivity contribution in [1.29, 1.82) is 0 Å². The van der Waals surface area contributed by atoms with Crippen LogP contribution in [0.25, 0.3) is 0 Å². The molecule has 0 aliphatic carbocycles. The quantitative estimate of drug-likeness (QED) is 0.417. The first kappa shape index (κ1) is 15.1. The van der Waals surface area contributed by atoms with Crippen molar-refractivity contribution in [3.8, 4) is 11.5 Å². The SMILES string of the molecule is Cc1csc(NN=Cc2cccc(Oc3ccc(N)cc3)c2)n1. The van der Waals surface area contributed by atoms with E-state index in [2.05, 4.69) is 15.5 Å². The van der Waals surface area contributed by atoms with Crippen LogP contribution < -0.4 is 15.9 Å². The Morgan fingerprint density at radius 1 is 1.17 bits per heavy atom. The molecule has 3 aromatic rings. The first-order valence-electron chi connectivity index (χ1n) is 7.04. The van der Waals surface area contributed by atoms with Gasteiger partial charge in [-0.05, 0) is 48.9 Å². The molecule has 0 amide bonds. The average Bonchev–Trinajstić information content (AvgIpc) is 2.96. The number of aryl methyl sites for hydroxylation is 1. The van der Waals surface area contributed by atoms with Gasteiger partial charge < -0.3 is 10.5 Å². The second kappa shape index (κ2) is 6.93. The van der Waals surface area contributed by atoms with Crippen LogP contribution in [0.2, 0.25) is 0 Å². The minimum absolute atomic E-state index is 0.710. The van der Waals surface area contributed by atoms with Gasteiger partial charge >= 0.3 is 0 Å². The summed E-state index contributed by atoms with van der Waals surface area (Å²) in [6.07, 6.45) is 1.73. The molecule has 3 N–H and O–H groups in total. The number of ether oxygens (including phenoxy) is 1. The van der Waals surface area contributed by atoms with E-state index in [4.69, 9.17) is 10.5 Å². The summed E-state index contributed by atoms with van der Waals surface area (Å²) in [6, 6.07) is 15.0. The number of hydrogen-bond donors (Lipinski definition) is 2. The molecule has 0 atom stereocenters. The van der Waals surface area contributed by atoms with Crippen molar-refractivity contribution in [2.45, 2.75) is 6.92 Å². The van der Waals surface area contributed by atoms with Crippen molar-refractivity contribution >= 4 is 28.4 Å². The summed E-state index contributed by atoms with van der Waals surface area (Å²) in [6.45, 7) is 1.95. The number of anilines is 2. The molecule has 0 aliphatic rings. The normalized spacial score (nSPS) is 10.8.